The fourth-order valence-electron chi connectivity index (χ4n) is 3.60. The molecular weight excluding hydrogens is 472 g/mol. The molecule has 1 fully saturated rings. The van der Waals surface area contributed by atoms with Crippen molar-refractivity contribution in [3.05, 3.63) is 72.2 Å². The molecule has 0 atom stereocenters. The summed E-state index contributed by atoms with van der Waals surface area (Å²) in [6, 6.07) is 8.29. The minimum Gasteiger partial charge on any atom is -0.496 e. The third kappa shape index (κ3) is 4.70. The SMILES string of the molecule is COc1cc2nccc(Oc3c(F)cc(NC(=O)c4cnccc4OC)cc3F)c2cc1OC1CC1. The van der Waals surface area contributed by atoms with E-state index in [1.165, 1.54) is 44.9 Å². The average Bonchev–Trinajstić information content (AvgIpc) is 3.70. The number of benzene rings is 2. The van der Waals surface area contributed by atoms with Crippen LogP contribution in [0, 0.1) is 11.6 Å². The van der Waals surface area contributed by atoms with Crippen molar-refractivity contribution in [2.45, 2.75) is 18.9 Å². The lowest BCUT2D eigenvalue weighted by Gasteiger charge is -2.15. The predicted octanol–water partition coefficient (Wildman–Crippen LogP) is 5.51. The average molecular weight is 493 g/mol. The number of fused-ring (bicyclic) bond motifs is 1. The molecule has 0 aliphatic heterocycles. The molecular formula is C26H21F2N3O5. The molecule has 0 radical (unpaired) electrons. The first kappa shape index (κ1) is 23.3. The van der Waals surface area contributed by atoms with Crippen LogP contribution in [-0.4, -0.2) is 36.2 Å². The van der Waals surface area contributed by atoms with Crippen molar-refractivity contribution in [2.75, 3.05) is 19.5 Å². The van der Waals surface area contributed by atoms with Gasteiger partial charge in [0.15, 0.2) is 28.9 Å². The molecule has 4 aromatic rings. The zero-order chi connectivity index (χ0) is 25.2. The monoisotopic (exact) mass is 493 g/mol. The second kappa shape index (κ2) is 9.65. The van der Waals surface area contributed by atoms with Crippen LogP contribution in [0.2, 0.25) is 0 Å². The van der Waals surface area contributed by atoms with Crippen molar-refractivity contribution in [3.8, 4) is 28.7 Å². The van der Waals surface area contributed by atoms with Gasteiger partial charge in [0.1, 0.15) is 11.5 Å². The highest BCUT2D eigenvalue weighted by molar-refractivity contribution is 6.06. The largest absolute Gasteiger partial charge is 0.496 e. The summed E-state index contributed by atoms with van der Waals surface area (Å²) in [5.74, 6) is -1.82. The van der Waals surface area contributed by atoms with Crippen LogP contribution in [0.25, 0.3) is 10.9 Å². The van der Waals surface area contributed by atoms with Crippen molar-refractivity contribution in [1.29, 1.82) is 0 Å². The van der Waals surface area contributed by atoms with Gasteiger partial charge in [-0.25, -0.2) is 8.78 Å². The van der Waals surface area contributed by atoms with Crippen LogP contribution in [-0.2, 0) is 0 Å². The Kier molecular flexibility index (Phi) is 6.24. The van der Waals surface area contributed by atoms with E-state index >= 15 is 0 Å². The highest BCUT2D eigenvalue weighted by Gasteiger charge is 2.26. The Morgan fingerprint density at radius 1 is 0.944 bits per heavy atom. The minimum atomic E-state index is -1.00. The Bertz CT molecular complexity index is 1440. The Balaban J connectivity index is 1.43. The molecule has 0 bridgehead atoms. The minimum absolute atomic E-state index is 0.0994. The maximum absolute atomic E-state index is 15.0. The number of carbonyl (C=O) groups excluding carboxylic acids is 1. The van der Waals surface area contributed by atoms with E-state index in [0.29, 0.717) is 22.4 Å². The van der Waals surface area contributed by atoms with Gasteiger partial charge in [-0.2, -0.15) is 0 Å². The van der Waals surface area contributed by atoms with Crippen molar-refractivity contribution in [3.63, 3.8) is 0 Å². The maximum Gasteiger partial charge on any atom is 0.261 e. The lowest BCUT2D eigenvalue weighted by molar-refractivity contribution is 0.102. The van der Waals surface area contributed by atoms with E-state index in [-0.39, 0.29) is 28.9 Å². The fraction of sp³-hybridized carbons (Fsp3) is 0.192. The number of aromatic nitrogens is 2. The maximum atomic E-state index is 15.0. The number of anilines is 1. The fourth-order valence-corrected chi connectivity index (χ4v) is 3.60. The highest BCUT2D eigenvalue weighted by Crippen LogP contribution is 2.40. The number of methoxy groups -OCH3 is 2. The number of hydrogen-bond acceptors (Lipinski definition) is 7. The zero-order valence-electron chi connectivity index (χ0n) is 19.4. The molecule has 0 saturated heterocycles. The molecule has 2 heterocycles. The lowest BCUT2D eigenvalue weighted by atomic mass is 10.1. The molecule has 1 aliphatic rings. The van der Waals surface area contributed by atoms with Crippen molar-refractivity contribution in [2.24, 2.45) is 0 Å². The van der Waals surface area contributed by atoms with Gasteiger partial charge in [0.25, 0.3) is 5.91 Å². The van der Waals surface area contributed by atoms with Gasteiger partial charge in [-0.3, -0.25) is 14.8 Å². The van der Waals surface area contributed by atoms with E-state index < -0.39 is 23.3 Å². The quantitative estimate of drug-likeness (QED) is 0.346. The summed E-state index contributed by atoms with van der Waals surface area (Å²) >= 11 is 0. The molecule has 1 N–H and O–H groups in total. The number of halogens is 2. The van der Waals surface area contributed by atoms with Gasteiger partial charge in [-0.1, -0.05) is 0 Å². The number of carbonyl (C=O) groups is 1. The van der Waals surface area contributed by atoms with Crippen molar-refractivity contribution in [1.82, 2.24) is 9.97 Å². The Morgan fingerprint density at radius 3 is 2.36 bits per heavy atom. The van der Waals surface area contributed by atoms with Gasteiger partial charge < -0.3 is 24.3 Å². The van der Waals surface area contributed by atoms with Crippen LogP contribution in [0.1, 0.15) is 23.2 Å². The summed E-state index contributed by atoms with van der Waals surface area (Å²) in [5.41, 5.74) is 0.518. The first-order valence-corrected chi connectivity index (χ1v) is 11.1. The molecule has 184 valence electrons. The molecule has 8 nitrogen and oxygen atoms in total. The summed E-state index contributed by atoms with van der Waals surface area (Å²) in [6.07, 6.45) is 6.23. The van der Waals surface area contributed by atoms with Crippen LogP contribution < -0.4 is 24.3 Å². The number of rotatable bonds is 8. The predicted molar refractivity (Wildman–Crippen MR) is 127 cm³/mol. The molecule has 1 amide bonds. The summed E-state index contributed by atoms with van der Waals surface area (Å²) in [7, 11) is 2.92. The number of ether oxygens (including phenoxy) is 4. The molecule has 10 heteroatoms. The van der Waals surface area contributed by atoms with E-state index in [4.69, 9.17) is 18.9 Å². The molecule has 36 heavy (non-hydrogen) atoms. The highest BCUT2D eigenvalue weighted by atomic mass is 19.1. The topological polar surface area (TPSA) is 91.8 Å². The molecule has 2 aromatic heterocycles. The van der Waals surface area contributed by atoms with Gasteiger partial charge in [0.05, 0.1) is 31.4 Å². The molecule has 2 aromatic carbocycles. The van der Waals surface area contributed by atoms with Gasteiger partial charge in [0, 0.05) is 47.9 Å². The van der Waals surface area contributed by atoms with Crippen LogP contribution >= 0.6 is 0 Å². The van der Waals surface area contributed by atoms with Crippen LogP contribution in [0.15, 0.2) is 55.0 Å². The van der Waals surface area contributed by atoms with E-state index in [9.17, 15) is 13.6 Å². The zero-order valence-corrected chi connectivity index (χ0v) is 19.4. The van der Waals surface area contributed by atoms with E-state index in [1.54, 1.807) is 12.1 Å². The normalized spacial score (nSPS) is 12.8. The molecule has 0 unspecified atom stereocenters. The van der Waals surface area contributed by atoms with Gasteiger partial charge in [-0.15, -0.1) is 0 Å². The third-order valence-corrected chi connectivity index (χ3v) is 5.52. The van der Waals surface area contributed by atoms with Crippen LogP contribution in [0.3, 0.4) is 0 Å². The first-order chi connectivity index (χ1) is 17.5. The third-order valence-electron chi connectivity index (χ3n) is 5.52. The standard InChI is InChI=1S/C26H21F2N3O5/c1-33-21-5-7-29-13-17(21)26(32)31-14-9-18(27)25(19(28)10-14)36-22-6-8-30-20-12-23(34-2)24(11-16(20)22)35-15-3-4-15/h5-13,15H,3-4H2,1-2H3,(H,31,32). The van der Waals surface area contributed by atoms with Gasteiger partial charge in [0.2, 0.25) is 0 Å². The van der Waals surface area contributed by atoms with E-state index in [0.717, 1.165) is 25.0 Å². The smallest absolute Gasteiger partial charge is 0.261 e. The molecule has 5 rings (SSSR count). The summed E-state index contributed by atoms with van der Waals surface area (Å²) in [6.45, 7) is 0. The van der Waals surface area contributed by atoms with Gasteiger partial charge in [-0.05, 0) is 31.0 Å². The van der Waals surface area contributed by atoms with Crippen LogP contribution in [0.4, 0.5) is 14.5 Å². The van der Waals surface area contributed by atoms with Gasteiger partial charge >= 0.3 is 0 Å². The first-order valence-electron chi connectivity index (χ1n) is 11.1. The molecule has 1 saturated carbocycles. The summed E-state index contributed by atoms with van der Waals surface area (Å²) in [5, 5.41) is 2.94. The molecule has 1 aliphatic carbocycles. The number of hydrogen-bond donors (Lipinski definition) is 1. The lowest BCUT2D eigenvalue weighted by Crippen LogP contribution is -2.14. The Labute approximate surface area is 204 Å². The van der Waals surface area contributed by atoms with Crippen molar-refractivity contribution >= 4 is 22.5 Å². The van der Waals surface area contributed by atoms with E-state index in [1.807, 2.05) is 0 Å². The Morgan fingerprint density at radius 2 is 1.67 bits per heavy atom. The van der Waals surface area contributed by atoms with Crippen molar-refractivity contribution < 1.29 is 32.5 Å². The number of nitrogens with zero attached hydrogens (tertiary/aromatic N) is 2. The molecule has 0 spiro atoms. The summed E-state index contributed by atoms with van der Waals surface area (Å²) in [4.78, 5) is 20.7. The summed E-state index contributed by atoms with van der Waals surface area (Å²) < 4.78 is 52.0. The van der Waals surface area contributed by atoms with Crippen LogP contribution in [0.5, 0.6) is 28.7 Å². The number of pyridine rings is 2. The second-order valence-electron chi connectivity index (χ2n) is 8.05. The second-order valence-corrected chi connectivity index (χ2v) is 8.05. The van der Waals surface area contributed by atoms with E-state index in [2.05, 4.69) is 15.3 Å². The Hall–Kier alpha value is -4.47. The number of amides is 1. The number of nitrogens with one attached hydrogen (secondary N) is 1.